The highest BCUT2D eigenvalue weighted by Gasteiger charge is 2.05. The van der Waals surface area contributed by atoms with Crippen molar-refractivity contribution in [3.8, 4) is 0 Å². The van der Waals surface area contributed by atoms with E-state index in [2.05, 4.69) is 0 Å². The van der Waals surface area contributed by atoms with Crippen LogP contribution in [0.3, 0.4) is 0 Å². The lowest BCUT2D eigenvalue weighted by atomic mass is 10.1. The molecule has 0 aromatic rings. The van der Waals surface area contributed by atoms with Gasteiger partial charge < -0.3 is 14.6 Å². The largest absolute Gasteiger partial charge is 0.478 e. The summed E-state index contributed by atoms with van der Waals surface area (Å²) in [5, 5.41) is 8.89. The maximum Gasteiger partial charge on any atom is 0.331 e. The van der Waals surface area contributed by atoms with Crippen LogP contribution in [0.5, 0.6) is 0 Å². The zero-order chi connectivity index (χ0) is 12.2. The van der Waals surface area contributed by atoms with E-state index in [4.69, 9.17) is 14.6 Å². The van der Waals surface area contributed by atoms with Gasteiger partial charge in [-0.1, -0.05) is 19.4 Å². The van der Waals surface area contributed by atoms with E-state index < -0.39 is 5.97 Å². The fourth-order valence-corrected chi connectivity index (χ4v) is 1.16. The summed E-state index contributed by atoms with van der Waals surface area (Å²) in [5.41, 5.74) is 0.443. The number of ether oxygens (including phenoxy) is 2. The van der Waals surface area contributed by atoms with Crippen LogP contribution in [-0.2, 0) is 14.3 Å². The fourth-order valence-electron chi connectivity index (χ4n) is 1.16. The quantitative estimate of drug-likeness (QED) is 0.462. The molecule has 0 aliphatic carbocycles. The molecule has 0 unspecified atom stereocenters. The highest BCUT2D eigenvalue weighted by molar-refractivity contribution is 5.86. The lowest BCUT2D eigenvalue weighted by molar-refractivity contribution is -0.133. The molecule has 1 N–H and O–H groups in total. The maximum absolute atomic E-state index is 10.8. The summed E-state index contributed by atoms with van der Waals surface area (Å²) in [6.45, 7) is 6.16. The van der Waals surface area contributed by atoms with Crippen molar-refractivity contribution in [3.05, 3.63) is 11.6 Å². The molecular formula is C12H22O4. The first-order valence-electron chi connectivity index (χ1n) is 5.80. The summed E-state index contributed by atoms with van der Waals surface area (Å²) in [5.74, 6) is -0.846. The number of hydrogen-bond acceptors (Lipinski definition) is 3. The minimum absolute atomic E-state index is 0.439. The standard InChI is InChI=1S/C12H22O4/c1-3-5-6-11(12(13)14)7-8-16-10-9-15-4-2/h6H,3-5,7-10H2,1-2H3,(H,13,14). The number of allylic oxidation sites excluding steroid dienone is 1. The fraction of sp³-hybridized carbons (Fsp3) is 0.750. The van der Waals surface area contributed by atoms with E-state index in [9.17, 15) is 4.79 Å². The van der Waals surface area contributed by atoms with Crippen LogP contribution in [0.25, 0.3) is 0 Å². The number of carbonyl (C=O) groups is 1. The molecule has 16 heavy (non-hydrogen) atoms. The molecule has 0 fully saturated rings. The first-order chi connectivity index (χ1) is 7.72. The molecule has 0 aliphatic rings. The SMILES string of the molecule is CCCC=C(CCOCCOCC)C(=O)O. The molecular weight excluding hydrogens is 208 g/mol. The van der Waals surface area contributed by atoms with Crippen molar-refractivity contribution in [3.63, 3.8) is 0 Å². The Labute approximate surface area is 97.2 Å². The zero-order valence-corrected chi connectivity index (χ0v) is 10.2. The molecule has 0 bridgehead atoms. The molecule has 0 saturated heterocycles. The van der Waals surface area contributed by atoms with E-state index in [0.29, 0.717) is 38.4 Å². The van der Waals surface area contributed by atoms with Crippen LogP contribution >= 0.6 is 0 Å². The molecule has 0 aliphatic heterocycles. The lowest BCUT2D eigenvalue weighted by Crippen LogP contribution is -2.08. The van der Waals surface area contributed by atoms with Crippen molar-refractivity contribution in [1.82, 2.24) is 0 Å². The number of carboxylic acid groups (broad SMARTS) is 1. The molecule has 0 heterocycles. The van der Waals surface area contributed by atoms with Gasteiger partial charge in [0.2, 0.25) is 0 Å². The third-order valence-corrected chi connectivity index (χ3v) is 2.05. The van der Waals surface area contributed by atoms with Gasteiger partial charge in [0.1, 0.15) is 0 Å². The van der Waals surface area contributed by atoms with Crippen LogP contribution in [0.1, 0.15) is 33.1 Å². The highest BCUT2D eigenvalue weighted by Crippen LogP contribution is 2.05. The number of hydrogen-bond donors (Lipinski definition) is 1. The molecule has 0 spiro atoms. The van der Waals surface area contributed by atoms with Gasteiger partial charge in [0, 0.05) is 18.6 Å². The number of unbranched alkanes of at least 4 members (excludes halogenated alkanes) is 1. The Morgan fingerprint density at radius 2 is 1.88 bits per heavy atom. The Balaban J connectivity index is 3.65. The second kappa shape index (κ2) is 10.6. The van der Waals surface area contributed by atoms with Gasteiger partial charge in [0.05, 0.1) is 19.8 Å². The minimum Gasteiger partial charge on any atom is -0.478 e. The third-order valence-electron chi connectivity index (χ3n) is 2.05. The lowest BCUT2D eigenvalue weighted by Gasteiger charge is -2.05. The summed E-state index contributed by atoms with van der Waals surface area (Å²) >= 11 is 0. The van der Waals surface area contributed by atoms with E-state index in [-0.39, 0.29) is 0 Å². The van der Waals surface area contributed by atoms with E-state index >= 15 is 0 Å². The summed E-state index contributed by atoms with van der Waals surface area (Å²) in [6, 6.07) is 0. The Morgan fingerprint density at radius 3 is 2.44 bits per heavy atom. The Morgan fingerprint density at radius 1 is 1.19 bits per heavy atom. The van der Waals surface area contributed by atoms with E-state index in [1.807, 2.05) is 13.8 Å². The van der Waals surface area contributed by atoms with Gasteiger partial charge in [0.15, 0.2) is 0 Å². The molecule has 0 aromatic carbocycles. The molecule has 4 heteroatoms. The Bertz CT molecular complexity index is 211. The predicted molar refractivity (Wildman–Crippen MR) is 62.6 cm³/mol. The van der Waals surface area contributed by atoms with Gasteiger partial charge in [-0.3, -0.25) is 0 Å². The monoisotopic (exact) mass is 230 g/mol. The minimum atomic E-state index is -0.846. The molecule has 0 radical (unpaired) electrons. The third kappa shape index (κ3) is 8.44. The van der Waals surface area contributed by atoms with Gasteiger partial charge >= 0.3 is 5.97 Å². The molecule has 0 saturated carbocycles. The summed E-state index contributed by atoms with van der Waals surface area (Å²) < 4.78 is 10.4. The smallest absolute Gasteiger partial charge is 0.331 e. The van der Waals surface area contributed by atoms with Crippen molar-refractivity contribution < 1.29 is 19.4 Å². The molecule has 0 atom stereocenters. The Kier molecular flexibility index (Phi) is 10.1. The second-order valence-corrected chi connectivity index (χ2v) is 3.38. The average Bonchev–Trinajstić information content (AvgIpc) is 2.26. The van der Waals surface area contributed by atoms with Crippen molar-refractivity contribution >= 4 is 5.97 Å². The molecule has 0 aromatic heterocycles. The molecule has 0 amide bonds. The number of aliphatic carboxylic acids is 1. The van der Waals surface area contributed by atoms with Crippen LogP contribution in [0.4, 0.5) is 0 Å². The van der Waals surface area contributed by atoms with Crippen molar-refractivity contribution in [1.29, 1.82) is 0 Å². The van der Waals surface area contributed by atoms with Crippen molar-refractivity contribution in [2.24, 2.45) is 0 Å². The van der Waals surface area contributed by atoms with Crippen LogP contribution in [-0.4, -0.2) is 37.5 Å². The number of carboxylic acids is 1. The van der Waals surface area contributed by atoms with Gasteiger partial charge in [-0.15, -0.1) is 0 Å². The van der Waals surface area contributed by atoms with Crippen molar-refractivity contribution in [2.75, 3.05) is 26.4 Å². The van der Waals surface area contributed by atoms with Gasteiger partial charge in [-0.2, -0.15) is 0 Å². The van der Waals surface area contributed by atoms with Gasteiger partial charge in [-0.25, -0.2) is 4.79 Å². The van der Waals surface area contributed by atoms with E-state index in [0.717, 1.165) is 12.8 Å². The van der Waals surface area contributed by atoms with E-state index in [1.165, 1.54) is 0 Å². The maximum atomic E-state index is 10.8. The summed E-state index contributed by atoms with van der Waals surface area (Å²) in [6.07, 6.45) is 4.00. The average molecular weight is 230 g/mol. The summed E-state index contributed by atoms with van der Waals surface area (Å²) in [4.78, 5) is 10.8. The predicted octanol–water partition coefficient (Wildman–Crippen LogP) is 2.24. The van der Waals surface area contributed by atoms with Crippen LogP contribution in [0, 0.1) is 0 Å². The van der Waals surface area contributed by atoms with Gasteiger partial charge in [0.25, 0.3) is 0 Å². The normalized spacial score (nSPS) is 11.8. The second-order valence-electron chi connectivity index (χ2n) is 3.38. The number of rotatable bonds is 10. The zero-order valence-electron chi connectivity index (χ0n) is 10.2. The molecule has 0 rings (SSSR count). The first kappa shape index (κ1) is 15.1. The van der Waals surface area contributed by atoms with Crippen LogP contribution in [0.2, 0.25) is 0 Å². The first-order valence-corrected chi connectivity index (χ1v) is 5.80. The highest BCUT2D eigenvalue weighted by atomic mass is 16.5. The van der Waals surface area contributed by atoms with Crippen molar-refractivity contribution in [2.45, 2.75) is 33.1 Å². The molecule has 94 valence electrons. The van der Waals surface area contributed by atoms with Crippen LogP contribution < -0.4 is 0 Å². The topological polar surface area (TPSA) is 55.8 Å². The van der Waals surface area contributed by atoms with Crippen LogP contribution in [0.15, 0.2) is 11.6 Å². The summed E-state index contributed by atoms with van der Waals surface area (Å²) in [7, 11) is 0. The Hall–Kier alpha value is -0.870. The molecule has 4 nitrogen and oxygen atoms in total. The van der Waals surface area contributed by atoms with E-state index in [1.54, 1.807) is 6.08 Å². The van der Waals surface area contributed by atoms with Gasteiger partial charge in [-0.05, 0) is 13.3 Å².